The molecule has 1 nitrogen and oxygen atoms in total. The summed E-state index contributed by atoms with van der Waals surface area (Å²) in [5, 5.41) is 0. The Bertz CT molecular complexity index is 449. The van der Waals surface area contributed by atoms with Gasteiger partial charge in [-0.2, -0.15) is 0 Å². The molecule has 0 aliphatic rings. The number of aliphatic imine (C=N–C) groups is 1. The highest BCUT2D eigenvalue weighted by Gasteiger charge is 2.11. The molecule has 0 saturated carbocycles. The molecule has 0 bridgehead atoms. The molecule has 0 fully saturated rings. The van der Waals surface area contributed by atoms with Crippen LogP contribution in [-0.2, 0) is 0 Å². The van der Waals surface area contributed by atoms with Crippen molar-refractivity contribution in [3.8, 4) is 0 Å². The van der Waals surface area contributed by atoms with Gasteiger partial charge in [-0.05, 0) is 55.4 Å². The van der Waals surface area contributed by atoms with Crippen molar-refractivity contribution in [2.75, 3.05) is 0 Å². The lowest BCUT2D eigenvalue weighted by Gasteiger charge is -2.18. The number of rotatable bonds is 9. The van der Waals surface area contributed by atoms with Crippen LogP contribution in [0.2, 0.25) is 0 Å². The Hall–Kier alpha value is -1.37. The molecule has 0 unspecified atom stereocenters. The molecular formula is C20H31N. The number of nitrogens with zero attached hydrogens (tertiary/aromatic N) is 1. The van der Waals surface area contributed by atoms with Gasteiger partial charge in [-0.1, -0.05) is 57.7 Å². The Labute approximate surface area is 131 Å². The van der Waals surface area contributed by atoms with Crippen LogP contribution in [0.4, 0.5) is 0 Å². The molecule has 1 heteroatoms. The maximum Gasteiger partial charge on any atom is 0.0269 e. The predicted octanol–water partition coefficient (Wildman–Crippen LogP) is 6.52. The smallest absolute Gasteiger partial charge is 0.0269 e. The molecule has 21 heavy (non-hydrogen) atoms. The fourth-order valence-corrected chi connectivity index (χ4v) is 2.68. The van der Waals surface area contributed by atoms with E-state index in [-0.39, 0.29) is 0 Å². The van der Waals surface area contributed by atoms with E-state index in [1.54, 1.807) is 0 Å². The van der Waals surface area contributed by atoms with Crippen LogP contribution >= 0.6 is 0 Å². The molecule has 0 heterocycles. The summed E-state index contributed by atoms with van der Waals surface area (Å²) in [6, 6.07) is 6.95. The molecule has 0 spiro atoms. The Morgan fingerprint density at radius 1 is 1.10 bits per heavy atom. The summed E-state index contributed by atoms with van der Waals surface area (Å²) < 4.78 is 0. The maximum atomic E-state index is 4.18. The average Bonchev–Trinajstić information content (AvgIpc) is 2.50. The summed E-state index contributed by atoms with van der Waals surface area (Å²) in [5.41, 5.74) is 4.13. The van der Waals surface area contributed by atoms with Crippen molar-refractivity contribution in [1.82, 2.24) is 0 Å². The molecule has 0 radical (unpaired) electrons. The summed E-state index contributed by atoms with van der Waals surface area (Å²) in [4.78, 5) is 4.18. The van der Waals surface area contributed by atoms with Crippen LogP contribution in [-0.4, -0.2) is 6.21 Å². The Morgan fingerprint density at radius 2 is 1.76 bits per heavy atom. The van der Waals surface area contributed by atoms with E-state index < -0.39 is 0 Å². The molecule has 1 rings (SSSR count). The molecule has 0 amide bonds. The molecule has 116 valence electrons. The van der Waals surface area contributed by atoms with Gasteiger partial charge in [-0.25, -0.2) is 0 Å². The third-order valence-electron chi connectivity index (χ3n) is 4.08. The zero-order valence-electron chi connectivity index (χ0n) is 14.2. The molecule has 0 aromatic heterocycles. The Kier molecular flexibility index (Phi) is 8.73. The third-order valence-corrected chi connectivity index (χ3v) is 4.08. The fourth-order valence-electron chi connectivity index (χ4n) is 2.68. The monoisotopic (exact) mass is 285 g/mol. The van der Waals surface area contributed by atoms with Gasteiger partial charge in [0.2, 0.25) is 0 Å². The van der Waals surface area contributed by atoms with Gasteiger partial charge in [0.1, 0.15) is 0 Å². The minimum absolute atomic E-state index is 0.715. The van der Waals surface area contributed by atoms with Crippen molar-refractivity contribution < 1.29 is 0 Å². The zero-order chi connectivity index (χ0) is 15.5. The lowest BCUT2D eigenvalue weighted by Crippen LogP contribution is -2.00. The first-order chi connectivity index (χ1) is 10.2. The number of hydrogen-bond donors (Lipinski definition) is 0. The first kappa shape index (κ1) is 17.7. The second-order valence-electron chi connectivity index (χ2n) is 5.82. The number of benzene rings is 1. The van der Waals surface area contributed by atoms with Gasteiger partial charge >= 0.3 is 0 Å². The summed E-state index contributed by atoms with van der Waals surface area (Å²) in [5.74, 6) is 0.715. The maximum absolute atomic E-state index is 4.18. The zero-order valence-corrected chi connectivity index (χ0v) is 14.2. The van der Waals surface area contributed by atoms with E-state index in [0.717, 1.165) is 0 Å². The molecular weight excluding hydrogens is 254 g/mol. The van der Waals surface area contributed by atoms with Gasteiger partial charge in [0.05, 0.1) is 0 Å². The molecule has 0 aliphatic carbocycles. The largest absolute Gasteiger partial charge is 0.269 e. The lowest BCUT2D eigenvalue weighted by molar-refractivity contribution is 0.525. The second kappa shape index (κ2) is 10.4. The number of unbranched alkanes of at least 4 members (excludes halogenated alkanes) is 2. The van der Waals surface area contributed by atoms with E-state index in [0.29, 0.717) is 5.92 Å². The van der Waals surface area contributed by atoms with Crippen molar-refractivity contribution in [1.29, 1.82) is 0 Å². The number of aryl methyl sites for hydroxylation is 1. The summed E-state index contributed by atoms with van der Waals surface area (Å²) in [7, 11) is 0. The van der Waals surface area contributed by atoms with E-state index in [2.05, 4.69) is 50.0 Å². The molecule has 0 atom stereocenters. The summed E-state index contributed by atoms with van der Waals surface area (Å²) in [6.07, 6.45) is 13.7. The molecule has 0 saturated heterocycles. The van der Waals surface area contributed by atoms with Crippen LogP contribution in [0.25, 0.3) is 6.08 Å². The first-order valence-electron chi connectivity index (χ1n) is 8.47. The van der Waals surface area contributed by atoms with Gasteiger partial charge in [0.15, 0.2) is 0 Å². The Balaban J connectivity index is 2.93. The average molecular weight is 285 g/mol. The quantitative estimate of drug-likeness (QED) is 0.458. The number of hydrogen-bond acceptors (Lipinski definition) is 1. The van der Waals surface area contributed by atoms with E-state index in [1.165, 1.54) is 55.2 Å². The van der Waals surface area contributed by atoms with Crippen LogP contribution in [0.3, 0.4) is 0 Å². The molecule has 1 aromatic carbocycles. The van der Waals surface area contributed by atoms with Gasteiger partial charge in [0, 0.05) is 12.4 Å². The van der Waals surface area contributed by atoms with Crippen molar-refractivity contribution in [3.05, 3.63) is 41.1 Å². The summed E-state index contributed by atoms with van der Waals surface area (Å²) in [6.45, 7) is 8.68. The molecule has 0 N–H and O–H groups in total. The third kappa shape index (κ3) is 6.29. The standard InChI is InChI=1S/C20H31N/c1-5-8-10-18(11-9-6-2)20-13-12-17(4)19(16-20)14-15-21-7-3/h7,12-16,18H,5-6,8-11H2,1-4H3/b15-14-,21-7-. The SMILES string of the molecule is C/C=N\C=C/c1cc(C(CCCC)CCCC)ccc1C. The van der Waals surface area contributed by atoms with Crippen LogP contribution < -0.4 is 0 Å². The van der Waals surface area contributed by atoms with Crippen LogP contribution in [0, 0.1) is 6.92 Å². The van der Waals surface area contributed by atoms with Crippen LogP contribution in [0.15, 0.2) is 29.4 Å². The Morgan fingerprint density at radius 3 is 2.33 bits per heavy atom. The van der Waals surface area contributed by atoms with Crippen LogP contribution in [0.5, 0.6) is 0 Å². The van der Waals surface area contributed by atoms with Crippen molar-refractivity contribution in [3.63, 3.8) is 0 Å². The lowest BCUT2D eigenvalue weighted by atomic mass is 9.87. The van der Waals surface area contributed by atoms with Gasteiger partial charge in [-0.15, -0.1) is 0 Å². The first-order valence-corrected chi connectivity index (χ1v) is 8.47. The van der Waals surface area contributed by atoms with Crippen LogP contribution in [0.1, 0.15) is 81.9 Å². The highest BCUT2D eigenvalue weighted by Crippen LogP contribution is 2.29. The van der Waals surface area contributed by atoms with E-state index in [1.807, 2.05) is 19.3 Å². The molecule has 1 aromatic rings. The van der Waals surface area contributed by atoms with Crippen molar-refractivity contribution in [2.24, 2.45) is 4.99 Å². The molecule has 0 aliphatic heterocycles. The summed E-state index contributed by atoms with van der Waals surface area (Å²) >= 11 is 0. The van der Waals surface area contributed by atoms with Crippen molar-refractivity contribution in [2.45, 2.75) is 72.1 Å². The van der Waals surface area contributed by atoms with E-state index >= 15 is 0 Å². The normalized spacial score (nSPS) is 12.0. The van der Waals surface area contributed by atoms with Crippen molar-refractivity contribution >= 4 is 12.3 Å². The predicted molar refractivity (Wildman–Crippen MR) is 96.2 cm³/mol. The minimum Gasteiger partial charge on any atom is -0.269 e. The van der Waals surface area contributed by atoms with Gasteiger partial charge in [-0.3, -0.25) is 4.99 Å². The highest BCUT2D eigenvalue weighted by atomic mass is 14.6. The van der Waals surface area contributed by atoms with E-state index in [4.69, 9.17) is 0 Å². The topological polar surface area (TPSA) is 12.4 Å². The fraction of sp³-hybridized carbons (Fsp3) is 0.550. The van der Waals surface area contributed by atoms with E-state index in [9.17, 15) is 0 Å². The van der Waals surface area contributed by atoms with Gasteiger partial charge in [0.25, 0.3) is 0 Å². The highest BCUT2D eigenvalue weighted by molar-refractivity contribution is 5.59. The van der Waals surface area contributed by atoms with Gasteiger partial charge < -0.3 is 0 Å². The second-order valence-corrected chi connectivity index (χ2v) is 5.82. The minimum atomic E-state index is 0.715.